The monoisotopic (exact) mass is 266 g/mol. The summed E-state index contributed by atoms with van der Waals surface area (Å²) in [5.74, 6) is 0.773. The molecule has 0 bridgehead atoms. The molecule has 2 nitrogen and oxygen atoms in total. The van der Waals surface area contributed by atoms with Crippen molar-refractivity contribution in [2.75, 3.05) is 13.1 Å². The van der Waals surface area contributed by atoms with Gasteiger partial charge in [0.1, 0.15) is 0 Å². The summed E-state index contributed by atoms with van der Waals surface area (Å²) in [5, 5.41) is 3.62. The van der Waals surface area contributed by atoms with E-state index in [9.17, 15) is 0 Å². The van der Waals surface area contributed by atoms with Crippen molar-refractivity contribution in [2.24, 2.45) is 10.9 Å². The van der Waals surface area contributed by atoms with E-state index in [4.69, 9.17) is 0 Å². The number of thioether (sulfide) groups is 1. The zero-order chi connectivity index (χ0) is 12.8. The lowest BCUT2D eigenvalue weighted by atomic mass is 9.92. The van der Waals surface area contributed by atoms with Gasteiger partial charge in [0.2, 0.25) is 0 Å². The van der Waals surface area contributed by atoms with Gasteiger partial charge in [-0.05, 0) is 24.2 Å². The standard InChI is InChI=1S/C15H26N2S/c1-3-5-7-9-13(8-6-4-2)14-12-18-15-16-10-11-17(14)15/h12-13H,3-11H2,1-2H3. The first-order chi connectivity index (χ1) is 8.86. The molecule has 3 heteroatoms. The van der Waals surface area contributed by atoms with E-state index < -0.39 is 0 Å². The van der Waals surface area contributed by atoms with E-state index in [0.29, 0.717) is 0 Å². The van der Waals surface area contributed by atoms with Crippen LogP contribution in [0.25, 0.3) is 0 Å². The molecule has 0 radical (unpaired) electrons. The van der Waals surface area contributed by atoms with Crippen molar-refractivity contribution < 1.29 is 0 Å². The van der Waals surface area contributed by atoms with Crippen LogP contribution in [0.1, 0.15) is 58.8 Å². The normalized spacial score (nSPS) is 19.8. The number of amidine groups is 1. The van der Waals surface area contributed by atoms with Crippen molar-refractivity contribution in [2.45, 2.75) is 58.8 Å². The molecule has 2 aliphatic rings. The third-order valence-corrected chi connectivity index (χ3v) is 4.80. The molecule has 2 rings (SSSR count). The van der Waals surface area contributed by atoms with Crippen LogP contribution in [-0.2, 0) is 0 Å². The highest BCUT2D eigenvalue weighted by Crippen LogP contribution is 2.37. The van der Waals surface area contributed by atoms with Crippen LogP contribution in [-0.4, -0.2) is 23.2 Å². The van der Waals surface area contributed by atoms with Crippen LogP contribution in [0.3, 0.4) is 0 Å². The molecule has 0 fully saturated rings. The SMILES string of the molecule is CCCCCC(CCCC)C1=CSC2=NCCN12. The maximum absolute atomic E-state index is 4.56. The number of allylic oxidation sites excluding steroid dienone is 1. The predicted octanol–water partition coefficient (Wildman–Crippen LogP) is 4.63. The maximum Gasteiger partial charge on any atom is 0.167 e. The van der Waals surface area contributed by atoms with E-state index >= 15 is 0 Å². The number of hydrogen-bond donors (Lipinski definition) is 0. The van der Waals surface area contributed by atoms with E-state index in [0.717, 1.165) is 19.0 Å². The molecule has 0 spiro atoms. The lowest BCUT2D eigenvalue weighted by molar-refractivity contribution is 0.393. The molecule has 18 heavy (non-hydrogen) atoms. The Labute approximate surface area is 116 Å². The first kappa shape index (κ1) is 14.0. The van der Waals surface area contributed by atoms with Crippen molar-refractivity contribution in [3.8, 4) is 0 Å². The predicted molar refractivity (Wildman–Crippen MR) is 81.8 cm³/mol. The molecule has 0 saturated carbocycles. The van der Waals surface area contributed by atoms with Gasteiger partial charge in [0.15, 0.2) is 5.17 Å². The zero-order valence-corrected chi connectivity index (χ0v) is 12.6. The Bertz CT molecular complexity index is 322. The van der Waals surface area contributed by atoms with Gasteiger partial charge in [-0.25, -0.2) is 0 Å². The van der Waals surface area contributed by atoms with Crippen LogP contribution < -0.4 is 0 Å². The van der Waals surface area contributed by atoms with Crippen LogP contribution in [0, 0.1) is 5.92 Å². The van der Waals surface area contributed by atoms with Crippen molar-refractivity contribution in [3.05, 3.63) is 11.1 Å². The molecular weight excluding hydrogens is 240 g/mol. The fraction of sp³-hybridized carbons (Fsp3) is 0.800. The lowest BCUT2D eigenvalue weighted by Crippen LogP contribution is -2.25. The highest BCUT2D eigenvalue weighted by molar-refractivity contribution is 8.16. The second-order valence-corrected chi connectivity index (χ2v) is 6.15. The van der Waals surface area contributed by atoms with Gasteiger partial charge in [0, 0.05) is 12.2 Å². The lowest BCUT2D eigenvalue weighted by Gasteiger charge is -2.25. The van der Waals surface area contributed by atoms with Gasteiger partial charge in [-0.2, -0.15) is 0 Å². The van der Waals surface area contributed by atoms with Gasteiger partial charge in [-0.3, -0.25) is 4.99 Å². The molecule has 0 saturated heterocycles. The summed E-state index contributed by atoms with van der Waals surface area (Å²) in [5.41, 5.74) is 1.57. The topological polar surface area (TPSA) is 15.6 Å². The second-order valence-electron chi connectivity index (χ2n) is 5.31. The molecular formula is C15H26N2S. The summed E-state index contributed by atoms with van der Waals surface area (Å²) in [4.78, 5) is 7.03. The Balaban J connectivity index is 1.92. The van der Waals surface area contributed by atoms with Gasteiger partial charge >= 0.3 is 0 Å². The van der Waals surface area contributed by atoms with Crippen molar-refractivity contribution in [3.63, 3.8) is 0 Å². The minimum atomic E-state index is 0.773. The number of fused-ring (bicyclic) bond motifs is 1. The largest absolute Gasteiger partial charge is 0.322 e. The zero-order valence-electron chi connectivity index (χ0n) is 11.8. The van der Waals surface area contributed by atoms with Gasteiger partial charge in [-0.1, -0.05) is 57.7 Å². The molecule has 1 unspecified atom stereocenters. The van der Waals surface area contributed by atoms with Crippen LogP contribution in [0.5, 0.6) is 0 Å². The highest BCUT2D eigenvalue weighted by atomic mass is 32.2. The Hall–Kier alpha value is -0.440. The number of rotatable bonds is 8. The molecule has 0 aromatic carbocycles. The van der Waals surface area contributed by atoms with Crippen LogP contribution in [0.15, 0.2) is 16.1 Å². The van der Waals surface area contributed by atoms with Crippen molar-refractivity contribution in [1.29, 1.82) is 0 Å². The third kappa shape index (κ3) is 3.31. The Kier molecular flexibility index (Phi) is 5.61. The van der Waals surface area contributed by atoms with E-state index in [-0.39, 0.29) is 0 Å². The third-order valence-electron chi connectivity index (χ3n) is 3.88. The molecule has 102 valence electrons. The first-order valence-electron chi connectivity index (χ1n) is 7.55. The molecule has 1 atom stereocenters. The van der Waals surface area contributed by atoms with Crippen LogP contribution in [0.4, 0.5) is 0 Å². The van der Waals surface area contributed by atoms with E-state index in [1.807, 2.05) is 11.8 Å². The number of nitrogens with zero attached hydrogens (tertiary/aromatic N) is 2. The summed E-state index contributed by atoms with van der Waals surface area (Å²) in [6, 6.07) is 0. The Morgan fingerprint density at radius 2 is 2.00 bits per heavy atom. The summed E-state index contributed by atoms with van der Waals surface area (Å²) in [6.07, 6.45) is 9.48. The number of aliphatic imine (C=N–C) groups is 1. The summed E-state index contributed by atoms with van der Waals surface area (Å²) < 4.78 is 0. The fourth-order valence-corrected chi connectivity index (χ4v) is 3.83. The summed E-state index contributed by atoms with van der Waals surface area (Å²) >= 11 is 1.84. The van der Waals surface area contributed by atoms with Gasteiger partial charge < -0.3 is 4.90 Å². The van der Waals surface area contributed by atoms with Gasteiger partial charge in [-0.15, -0.1) is 0 Å². The van der Waals surface area contributed by atoms with Gasteiger partial charge in [0.05, 0.1) is 6.54 Å². The van der Waals surface area contributed by atoms with Crippen LogP contribution >= 0.6 is 11.8 Å². The fourth-order valence-electron chi connectivity index (χ4n) is 2.79. The van der Waals surface area contributed by atoms with E-state index in [2.05, 4.69) is 29.1 Å². The average molecular weight is 266 g/mol. The Morgan fingerprint density at radius 1 is 1.22 bits per heavy atom. The minimum absolute atomic E-state index is 0.773. The van der Waals surface area contributed by atoms with Gasteiger partial charge in [0.25, 0.3) is 0 Å². The van der Waals surface area contributed by atoms with Crippen LogP contribution in [0.2, 0.25) is 0 Å². The molecule has 0 aromatic heterocycles. The summed E-state index contributed by atoms with van der Waals surface area (Å²) in [6.45, 7) is 6.69. The van der Waals surface area contributed by atoms with E-state index in [1.165, 1.54) is 50.1 Å². The molecule has 2 heterocycles. The van der Waals surface area contributed by atoms with Crippen molar-refractivity contribution in [1.82, 2.24) is 4.90 Å². The minimum Gasteiger partial charge on any atom is -0.322 e. The first-order valence-corrected chi connectivity index (χ1v) is 8.43. The smallest absolute Gasteiger partial charge is 0.167 e. The quantitative estimate of drug-likeness (QED) is 0.595. The van der Waals surface area contributed by atoms with Crippen molar-refractivity contribution >= 4 is 16.9 Å². The summed E-state index contributed by atoms with van der Waals surface area (Å²) in [7, 11) is 0. The molecule has 0 aromatic rings. The average Bonchev–Trinajstić information content (AvgIpc) is 2.96. The maximum atomic E-state index is 4.56. The second kappa shape index (κ2) is 7.22. The Morgan fingerprint density at radius 3 is 2.78 bits per heavy atom. The highest BCUT2D eigenvalue weighted by Gasteiger charge is 2.30. The molecule has 0 N–H and O–H groups in total. The molecule has 0 aliphatic carbocycles. The molecule has 0 amide bonds. The number of unbranched alkanes of at least 4 members (excludes halogenated alkanes) is 3. The number of hydrogen-bond acceptors (Lipinski definition) is 3. The van der Waals surface area contributed by atoms with E-state index in [1.54, 1.807) is 5.70 Å². The molecule has 2 aliphatic heterocycles.